The fourth-order valence-electron chi connectivity index (χ4n) is 0. The molecule has 0 aliphatic heterocycles. The van der Waals surface area contributed by atoms with Gasteiger partial charge >= 0.3 is 119 Å². The Kier molecular flexibility index (Phi) is 157. The molecule has 1 unspecified atom stereocenters. The van der Waals surface area contributed by atoms with Crippen molar-refractivity contribution in [2.24, 2.45) is 0 Å². The molecular weight excluding hydrogens is 169 g/mol. The molecule has 0 aromatic rings. The summed E-state index contributed by atoms with van der Waals surface area (Å²) in [4.78, 5) is 0. The molecule has 0 aliphatic carbocycles. The summed E-state index contributed by atoms with van der Waals surface area (Å²) in [6, 6.07) is 0. The second-order valence-corrected chi connectivity index (χ2v) is 0. The SMILES string of the molecule is Cl.P.[CaH2].[KH].[NaH]. The Morgan fingerprint density at radius 2 is 1.00 bits per heavy atom. The number of hydrogen-bond acceptors (Lipinski definition) is 0. The van der Waals surface area contributed by atoms with Gasteiger partial charge in [-0.2, -0.15) is 9.90 Å². The van der Waals surface area contributed by atoms with Crippen LogP contribution in [-0.4, -0.2) is 119 Å². The topological polar surface area (TPSA) is 0 Å². The van der Waals surface area contributed by atoms with E-state index in [-0.39, 0.29) is 141 Å². The van der Waals surface area contributed by atoms with E-state index < -0.39 is 0 Å². The zero-order valence-corrected chi connectivity index (χ0v) is 3.35. The van der Waals surface area contributed by atoms with E-state index in [1.54, 1.807) is 0 Å². The summed E-state index contributed by atoms with van der Waals surface area (Å²) >= 11 is 0. The van der Waals surface area contributed by atoms with Crippen molar-refractivity contribution < 1.29 is 0 Å². The van der Waals surface area contributed by atoms with E-state index in [0.29, 0.717) is 0 Å². The molecule has 5 heteroatoms. The van der Waals surface area contributed by atoms with Crippen LogP contribution < -0.4 is 0 Å². The van der Waals surface area contributed by atoms with Crippen LogP contribution in [0.15, 0.2) is 0 Å². The van der Waals surface area contributed by atoms with Crippen molar-refractivity contribution >= 4 is 141 Å². The third kappa shape index (κ3) is 17.7. The molecule has 0 amide bonds. The predicted molar refractivity (Wildman–Crippen MR) is 41.2 cm³/mol. The molecule has 24 valence electrons. The molecule has 0 aromatic carbocycles. The third-order valence-electron chi connectivity index (χ3n) is 0. The van der Waals surface area contributed by atoms with E-state index in [1.807, 2.05) is 0 Å². The van der Waals surface area contributed by atoms with Gasteiger partial charge in [0.1, 0.15) is 0 Å². The summed E-state index contributed by atoms with van der Waals surface area (Å²) < 4.78 is 0. The fraction of sp³-hybridized carbons (Fsp3) is 0. The monoisotopic (exact) mass is 176 g/mol. The van der Waals surface area contributed by atoms with Gasteiger partial charge in [-0.25, -0.2) is 0 Å². The average molecular weight is 177 g/mol. The summed E-state index contributed by atoms with van der Waals surface area (Å²) in [7, 11) is 0. The molecule has 0 spiro atoms. The average Bonchev–Trinajstić information content (AvgIpc) is 0. The molecule has 1 atom stereocenters. The van der Waals surface area contributed by atoms with Crippen LogP contribution in [0.2, 0.25) is 0 Å². The number of hydrogen-bond donors (Lipinski definition) is 0. The molecule has 0 bridgehead atoms. The number of rotatable bonds is 0. The zero-order valence-electron chi connectivity index (χ0n) is 1.12. The molecule has 0 aromatic heterocycles. The molecule has 0 fully saturated rings. The Morgan fingerprint density at radius 3 is 1.00 bits per heavy atom. The Balaban J connectivity index is 0. The van der Waals surface area contributed by atoms with Crippen LogP contribution in [0, 0.1) is 0 Å². The number of halogens is 1. The zero-order chi connectivity index (χ0) is 0. The van der Waals surface area contributed by atoms with Crippen molar-refractivity contribution in [3.8, 4) is 0 Å². The van der Waals surface area contributed by atoms with Crippen molar-refractivity contribution in [2.45, 2.75) is 0 Å². The van der Waals surface area contributed by atoms with Crippen LogP contribution in [0.4, 0.5) is 0 Å². The Hall–Kier alpha value is 4.62. The molecule has 0 rings (SSSR count). The first-order valence-corrected chi connectivity index (χ1v) is 0. The van der Waals surface area contributed by atoms with E-state index in [4.69, 9.17) is 0 Å². The fourth-order valence-corrected chi connectivity index (χ4v) is 0. The maximum absolute atomic E-state index is 0. The van der Waals surface area contributed by atoms with Crippen molar-refractivity contribution in [1.29, 1.82) is 0 Å². The van der Waals surface area contributed by atoms with E-state index in [9.17, 15) is 0 Å². The van der Waals surface area contributed by atoms with Gasteiger partial charge in [0.15, 0.2) is 0 Å². The van der Waals surface area contributed by atoms with E-state index in [0.717, 1.165) is 0 Å². The first kappa shape index (κ1) is 33.5. The second-order valence-electron chi connectivity index (χ2n) is 0. The van der Waals surface area contributed by atoms with Crippen molar-refractivity contribution in [2.75, 3.05) is 0 Å². The summed E-state index contributed by atoms with van der Waals surface area (Å²) in [5.41, 5.74) is 0. The van der Waals surface area contributed by atoms with Gasteiger partial charge in [-0.05, 0) is 0 Å². The van der Waals surface area contributed by atoms with Gasteiger partial charge in [0.2, 0.25) is 0 Å². The quantitative estimate of drug-likeness (QED) is 0.304. The Morgan fingerprint density at radius 1 is 1.00 bits per heavy atom. The van der Waals surface area contributed by atoms with Gasteiger partial charge < -0.3 is 0 Å². The Labute approximate surface area is 137 Å². The van der Waals surface area contributed by atoms with Gasteiger partial charge in [0.25, 0.3) is 0 Å². The molecule has 0 aliphatic rings. The van der Waals surface area contributed by atoms with Crippen LogP contribution in [0.3, 0.4) is 0 Å². The first-order chi connectivity index (χ1) is 0. The van der Waals surface area contributed by atoms with Crippen LogP contribution in [0.1, 0.15) is 0 Å². The molecule has 0 saturated carbocycles. The summed E-state index contributed by atoms with van der Waals surface area (Å²) in [6.45, 7) is 0. The van der Waals surface area contributed by atoms with Crippen LogP contribution >= 0.6 is 22.3 Å². The maximum atomic E-state index is 0. The second kappa shape index (κ2) is 23.5. The van der Waals surface area contributed by atoms with Crippen LogP contribution in [0.5, 0.6) is 0 Å². The summed E-state index contributed by atoms with van der Waals surface area (Å²) in [5.74, 6) is 0. The summed E-state index contributed by atoms with van der Waals surface area (Å²) in [6.07, 6.45) is 0. The van der Waals surface area contributed by atoms with Crippen molar-refractivity contribution in [3.63, 3.8) is 0 Å². The van der Waals surface area contributed by atoms with Gasteiger partial charge in [0, 0.05) is 0 Å². The minimum absolute atomic E-state index is 0. The molecule has 0 saturated heterocycles. The van der Waals surface area contributed by atoms with E-state index in [1.165, 1.54) is 0 Å². The van der Waals surface area contributed by atoms with E-state index >= 15 is 0 Å². The molecule has 0 heterocycles. The molecule has 0 N–H and O–H groups in total. The predicted octanol–water partition coefficient (Wildman–Crippen LogP) is -1.73. The van der Waals surface area contributed by atoms with Crippen LogP contribution in [-0.2, 0) is 0 Å². The standard InChI is InChI=1S/Ca.ClH.K.Na.H3P.4H/h;1H;;;1H3;;;;. The van der Waals surface area contributed by atoms with Gasteiger partial charge in [-0.1, -0.05) is 0 Å². The molecule has 0 nitrogen and oxygen atoms in total. The van der Waals surface area contributed by atoms with Crippen molar-refractivity contribution in [1.82, 2.24) is 0 Å². The van der Waals surface area contributed by atoms with Crippen molar-refractivity contribution in [3.05, 3.63) is 0 Å². The minimum atomic E-state index is 0. The van der Waals surface area contributed by atoms with Crippen LogP contribution in [0.25, 0.3) is 0 Å². The molecule has 5 heavy (non-hydrogen) atoms. The van der Waals surface area contributed by atoms with Gasteiger partial charge in [-0.15, -0.1) is 12.4 Å². The molecular formula is H8CaClKNaP. The van der Waals surface area contributed by atoms with Gasteiger partial charge in [-0.3, -0.25) is 0 Å². The summed E-state index contributed by atoms with van der Waals surface area (Å²) in [5, 5.41) is 0. The first-order valence-electron chi connectivity index (χ1n) is 0. The molecule has 0 radical (unpaired) electrons. The van der Waals surface area contributed by atoms with E-state index in [2.05, 4.69) is 0 Å². The Bertz CT molecular complexity index is 11.6. The third-order valence-corrected chi connectivity index (χ3v) is 0. The normalized spacial score (nSPS) is 0. The van der Waals surface area contributed by atoms with Gasteiger partial charge in [0.05, 0.1) is 0 Å².